The van der Waals surface area contributed by atoms with Gasteiger partial charge in [-0.25, -0.2) is 0 Å². The molecule has 0 spiro atoms. The standard InChI is InChI=1S/C26H32N2O7/c29-19(12-27-7-8-32-20-3-5-23-18(9-20)11-28-26(23)30)14-33-21-4-6-24-25(10-21)34-16-22(35-24)15-31-13-17-1-2-17/h3-6,9-10,17,19,22,27,29H,1-2,7-8,11-16H2,(H,28,30)/t19-,22+/m0/s1. The van der Waals surface area contributed by atoms with Crippen LogP contribution in [0.3, 0.4) is 0 Å². The number of amides is 1. The summed E-state index contributed by atoms with van der Waals surface area (Å²) in [5.41, 5.74) is 1.65. The van der Waals surface area contributed by atoms with E-state index in [0.29, 0.717) is 62.3 Å². The Kier molecular flexibility index (Phi) is 7.56. The molecule has 9 heteroatoms. The minimum Gasteiger partial charge on any atom is -0.492 e. The third-order valence-electron chi connectivity index (χ3n) is 6.12. The minimum atomic E-state index is -0.673. The average molecular weight is 485 g/mol. The summed E-state index contributed by atoms with van der Waals surface area (Å²) in [4.78, 5) is 11.6. The Hall–Kier alpha value is -3.01. The molecule has 9 nitrogen and oxygen atoms in total. The van der Waals surface area contributed by atoms with E-state index in [1.165, 1.54) is 12.8 Å². The van der Waals surface area contributed by atoms with Crippen molar-refractivity contribution in [2.75, 3.05) is 46.1 Å². The van der Waals surface area contributed by atoms with E-state index in [1.807, 2.05) is 18.2 Å². The summed E-state index contributed by atoms with van der Waals surface area (Å²) in [5.74, 6) is 3.34. The van der Waals surface area contributed by atoms with Gasteiger partial charge in [0.15, 0.2) is 17.6 Å². The molecule has 0 radical (unpaired) electrons. The second-order valence-corrected chi connectivity index (χ2v) is 9.16. The molecule has 0 aromatic heterocycles. The highest BCUT2D eigenvalue weighted by Gasteiger charge is 2.25. The number of rotatable bonds is 13. The smallest absolute Gasteiger partial charge is 0.251 e. The molecule has 2 aromatic rings. The van der Waals surface area contributed by atoms with Crippen molar-refractivity contribution in [1.29, 1.82) is 0 Å². The predicted octanol–water partition coefficient (Wildman–Crippen LogP) is 1.90. The zero-order valence-corrected chi connectivity index (χ0v) is 19.7. The van der Waals surface area contributed by atoms with Crippen LogP contribution in [0.2, 0.25) is 0 Å². The summed E-state index contributed by atoms with van der Waals surface area (Å²) in [5, 5.41) is 16.2. The molecule has 1 amide bonds. The van der Waals surface area contributed by atoms with Crippen molar-refractivity contribution in [3.8, 4) is 23.0 Å². The number of benzene rings is 2. The van der Waals surface area contributed by atoms with E-state index in [4.69, 9.17) is 23.7 Å². The van der Waals surface area contributed by atoms with Crippen molar-refractivity contribution in [1.82, 2.24) is 10.6 Å². The van der Waals surface area contributed by atoms with Gasteiger partial charge in [0.05, 0.1) is 6.61 Å². The Morgan fingerprint density at radius 2 is 1.94 bits per heavy atom. The average Bonchev–Trinajstić information content (AvgIpc) is 3.63. The second-order valence-electron chi connectivity index (χ2n) is 9.16. The van der Waals surface area contributed by atoms with Gasteiger partial charge in [0.1, 0.15) is 37.4 Å². The normalized spacial score (nSPS) is 19.1. The molecule has 1 saturated carbocycles. The number of carbonyl (C=O) groups is 1. The van der Waals surface area contributed by atoms with Crippen molar-refractivity contribution in [3.63, 3.8) is 0 Å². The summed E-state index contributed by atoms with van der Waals surface area (Å²) < 4.78 is 28.9. The molecule has 2 heterocycles. The third-order valence-corrected chi connectivity index (χ3v) is 6.12. The maximum absolute atomic E-state index is 11.6. The number of aliphatic hydroxyl groups excluding tert-OH is 1. The topological polar surface area (TPSA) is 108 Å². The van der Waals surface area contributed by atoms with E-state index in [0.717, 1.165) is 23.8 Å². The van der Waals surface area contributed by atoms with E-state index in [9.17, 15) is 9.90 Å². The largest absolute Gasteiger partial charge is 0.492 e. The number of ether oxygens (including phenoxy) is 5. The van der Waals surface area contributed by atoms with Crippen LogP contribution in [0, 0.1) is 5.92 Å². The number of aliphatic hydroxyl groups is 1. The lowest BCUT2D eigenvalue weighted by Crippen LogP contribution is -2.34. The van der Waals surface area contributed by atoms with Gasteiger partial charge in [-0.05, 0) is 54.7 Å². The fourth-order valence-corrected chi connectivity index (χ4v) is 3.98. The van der Waals surface area contributed by atoms with Gasteiger partial charge in [-0.1, -0.05) is 0 Å². The zero-order valence-electron chi connectivity index (χ0n) is 19.7. The van der Waals surface area contributed by atoms with Crippen LogP contribution in [0.1, 0.15) is 28.8 Å². The SMILES string of the molecule is O=C1NCc2cc(OCCNC[C@H](O)COc3ccc4c(c3)OC[C@@H](COCC3CC3)O4)ccc21. The number of fused-ring (bicyclic) bond motifs is 2. The Morgan fingerprint density at radius 1 is 1.09 bits per heavy atom. The van der Waals surface area contributed by atoms with Crippen LogP contribution in [0.5, 0.6) is 23.0 Å². The molecule has 2 aromatic carbocycles. The minimum absolute atomic E-state index is 0.0428. The van der Waals surface area contributed by atoms with Gasteiger partial charge in [-0.15, -0.1) is 0 Å². The molecule has 188 valence electrons. The quantitative estimate of drug-likeness (QED) is 0.370. The van der Waals surface area contributed by atoms with Crippen LogP contribution < -0.4 is 29.6 Å². The molecule has 0 unspecified atom stereocenters. The van der Waals surface area contributed by atoms with E-state index < -0.39 is 6.10 Å². The second kappa shape index (κ2) is 11.2. The lowest BCUT2D eigenvalue weighted by Gasteiger charge is -2.26. The lowest BCUT2D eigenvalue weighted by atomic mass is 10.1. The molecule has 1 aliphatic carbocycles. The van der Waals surface area contributed by atoms with Crippen LogP contribution in [-0.4, -0.2) is 69.3 Å². The molecule has 3 aliphatic rings. The maximum Gasteiger partial charge on any atom is 0.251 e. The Balaban J connectivity index is 0.965. The molecular formula is C26H32N2O7. The fourth-order valence-electron chi connectivity index (χ4n) is 3.98. The number of carbonyl (C=O) groups excluding carboxylic acids is 1. The summed E-state index contributed by atoms with van der Waals surface area (Å²) in [6.45, 7) is 3.86. The van der Waals surface area contributed by atoms with Crippen LogP contribution >= 0.6 is 0 Å². The first-order valence-corrected chi connectivity index (χ1v) is 12.2. The summed E-state index contributed by atoms with van der Waals surface area (Å²) >= 11 is 0. The monoisotopic (exact) mass is 484 g/mol. The van der Waals surface area contributed by atoms with Crippen molar-refractivity contribution in [3.05, 3.63) is 47.5 Å². The molecule has 2 aliphatic heterocycles. The molecule has 35 heavy (non-hydrogen) atoms. The van der Waals surface area contributed by atoms with Crippen LogP contribution in [0.4, 0.5) is 0 Å². The molecule has 5 rings (SSSR count). The van der Waals surface area contributed by atoms with Gasteiger partial charge in [0.25, 0.3) is 5.91 Å². The highest BCUT2D eigenvalue weighted by Crippen LogP contribution is 2.35. The first-order chi connectivity index (χ1) is 17.1. The number of hydrogen-bond donors (Lipinski definition) is 3. The zero-order chi connectivity index (χ0) is 24.0. The Morgan fingerprint density at radius 3 is 2.83 bits per heavy atom. The van der Waals surface area contributed by atoms with Gasteiger partial charge in [0, 0.05) is 37.9 Å². The van der Waals surface area contributed by atoms with Gasteiger partial charge in [0.2, 0.25) is 0 Å². The summed E-state index contributed by atoms with van der Waals surface area (Å²) in [6, 6.07) is 10.9. The van der Waals surface area contributed by atoms with Crippen LogP contribution in [0.25, 0.3) is 0 Å². The van der Waals surface area contributed by atoms with E-state index >= 15 is 0 Å². The Labute approximate surface area is 204 Å². The van der Waals surface area contributed by atoms with Crippen molar-refractivity contribution < 1.29 is 33.6 Å². The number of nitrogens with one attached hydrogen (secondary N) is 2. The summed E-state index contributed by atoms with van der Waals surface area (Å²) in [7, 11) is 0. The van der Waals surface area contributed by atoms with Crippen molar-refractivity contribution >= 4 is 5.91 Å². The highest BCUT2D eigenvalue weighted by atomic mass is 16.6. The van der Waals surface area contributed by atoms with Crippen molar-refractivity contribution in [2.45, 2.75) is 31.6 Å². The number of hydrogen-bond acceptors (Lipinski definition) is 8. The first kappa shape index (κ1) is 23.7. The van der Waals surface area contributed by atoms with E-state index in [-0.39, 0.29) is 18.6 Å². The van der Waals surface area contributed by atoms with Gasteiger partial charge < -0.3 is 39.4 Å². The van der Waals surface area contributed by atoms with E-state index in [1.54, 1.807) is 18.2 Å². The van der Waals surface area contributed by atoms with Crippen LogP contribution in [0.15, 0.2) is 36.4 Å². The highest BCUT2D eigenvalue weighted by molar-refractivity contribution is 5.98. The maximum atomic E-state index is 11.6. The molecule has 0 bridgehead atoms. The fraction of sp³-hybridized carbons (Fsp3) is 0.500. The molecule has 0 saturated heterocycles. The third kappa shape index (κ3) is 6.56. The lowest BCUT2D eigenvalue weighted by molar-refractivity contribution is 0.00551. The van der Waals surface area contributed by atoms with Crippen molar-refractivity contribution in [2.24, 2.45) is 5.92 Å². The van der Waals surface area contributed by atoms with Gasteiger partial charge >= 0.3 is 0 Å². The van der Waals surface area contributed by atoms with Crippen LogP contribution in [-0.2, 0) is 11.3 Å². The van der Waals surface area contributed by atoms with E-state index in [2.05, 4.69) is 10.6 Å². The van der Waals surface area contributed by atoms with Gasteiger partial charge in [-0.3, -0.25) is 4.79 Å². The Bertz CT molecular complexity index is 1030. The predicted molar refractivity (Wildman–Crippen MR) is 127 cm³/mol. The molecule has 2 atom stereocenters. The molecular weight excluding hydrogens is 452 g/mol. The first-order valence-electron chi connectivity index (χ1n) is 12.2. The molecule has 1 fully saturated rings. The van der Waals surface area contributed by atoms with Gasteiger partial charge in [-0.2, -0.15) is 0 Å². The molecule has 3 N–H and O–H groups in total. The summed E-state index contributed by atoms with van der Waals surface area (Å²) in [6.07, 6.45) is 1.76.